The van der Waals surface area contributed by atoms with Gasteiger partial charge in [-0.1, -0.05) is 60.7 Å². The van der Waals surface area contributed by atoms with E-state index in [2.05, 4.69) is 15.8 Å². The number of nitrogens with one attached hydrogen (secondary N) is 2. The van der Waals surface area contributed by atoms with Gasteiger partial charge in [0, 0.05) is 11.3 Å². The van der Waals surface area contributed by atoms with Crippen molar-refractivity contribution in [1.29, 1.82) is 0 Å². The number of thiophene rings is 1. The zero-order valence-electron chi connectivity index (χ0n) is 17.4. The quantitative estimate of drug-likeness (QED) is 0.293. The number of hydrogen-bond donors (Lipinski definition) is 2. The Morgan fingerprint density at radius 2 is 1.50 bits per heavy atom. The maximum absolute atomic E-state index is 12.5. The second-order valence-electron chi connectivity index (χ2n) is 7.09. The van der Waals surface area contributed by atoms with Crippen molar-refractivity contribution in [2.75, 3.05) is 5.32 Å². The number of hydrogen-bond acceptors (Lipinski definition) is 4. The second-order valence-corrected chi connectivity index (χ2v) is 8.04. The molecule has 1 aromatic heterocycles. The highest BCUT2D eigenvalue weighted by atomic mass is 32.1. The number of nitrogens with zero attached hydrogens (tertiary/aromatic N) is 1. The molecule has 0 bridgehead atoms. The predicted octanol–water partition coefficient (Wildman–Crippen LogP) is 5.82. The van der Waals surface area contributed by atoms with E-state index >= 15 is 0 Å². The van der Waals surface area contributed by atoms with Gasteiger partial charge in [0.25, 0.3) is 11.8 Å². The Morgan fingerprint density at radius 1 is 0.750 bits per heavy atom. The molecule has 1 heterocycles. The molecule has 3 aromatic carbocycles. The van der Waals surface area contributed by atoms with E-state index in [1.165, 1.54) is 11.3 Å². The summed E-state index contributed by atoms with van der Waals surface area (Å²) in [5, 5.41) is 8.97. The lowest BCUT2D eigenvalue weighted by Gasteiger charge is -2.07. The zero-order chi connectivity index (χ0) is 22.3. The van der Waals surface area contributed by atoms with Crippen LogP contribution < -0.4 is 10.7 Å². The molecule has 2 N–H and O–H groups in total. The molecular formula is C26H21N3O2S. The molecule has 32 heavy (non-hydrogen) atoms. The summed E-state index contributed by atoms with van der Waals surface area (Å²) in [6.45, 7) is 1.80. The van der Waals surface area contributed by atoms with Gasteiger partial charge in [-0.05, 0) is 59.3 Å². The van der Waals surface area contributed by atoms with Gasteiger partial charge >= 0.3 is 0 Å². The van der Waals surface area contributed by atoms with Gasteiger partial charge in [0.15, 0.2) is 0 Å². The van der Waals surface area contributed by atoms with E-state index in [1.807, 2.05) is 78.2 Å². The van der Waals surface area contributed by atoms with E-state index in [-0.39, 0.29) is 11.8 Å². The molecule has 5 nitrogen and oxygen atoms in total. The van der Waals surface area contributed by atoms with Crippen LogP contribution in [0.1, 0.15) is 32.5 Å². The first-order valence-electron chi connectivity index (χ1n) is 10.1. The lowest BCUT2D eigenvalue weighted by Crippen LogP contribution is -2.19. The average molecular weight is 440 g/mol. The van der Waals surface area contributed by atoms with Crippen LogP contribution in [0.5, 0.6) is 0 Å². The third kappa shape index (κ3) is 5.17. The smallest absolute Gasteiger partial charge is 0.271 e. The first-order valence-corrected chi connectivity index (χ1v) is 10.9. The number of rotatable bonds is 6. The molecule has 0 fully saturated rings. The van der Waals surface area contributed by atoms with Crippen LogP contribution in [-0.2, 0) is 0 Å². The van der Waals surface area contributed by atoms with Crippen molar-refractivity contribution in [3.63, 3.8) is 0 Å². The molecule has 0 aliphatic heterocycles. The molecule has 0 radical (unpaired) electrons. The van der Waals surface area contributed by atoms with Gasteiger partial charge in [-0.15, -0.1) is 11.3 Å². The monoisotopic (exact) mass is 439 g/mol. The van der Waals surface area contributed by atoms with Crippen molar-refractivity contribution in [1.82, 2.24) is 5.43 Å². The highest BCUT2D eigenvalue weighted by Gasteiger charge is 2.09. The fourth-order valence-electron chi connectivity index (χ4n) is 3.13. The molecule has 0 saturated heterocycles. The number of amides is 2. The fraction of sp³-hybridized carbons (Fsp3) is 0.0385. The minimum Gasteiger partial charge on any atom is -0.321 e. The lowest BCUT2D eigenvalue weighted by molar-refractivity contribution is 0.0954. The normalized spacial score (nSPS) is 11.1. The summed E-state index contributed by atoms with van der Waals surface area (Å²) in [6, 6.07) is 28.4. The predicted molar refractivity (Wildman–Crippen MR) is 130 cm³/mol. The molecule has 158 valence electrons. The first-order chi connectivity index (χ1) is 15.6. The highest BCUT2D eigenvalue weighted by molar-refractivity contribution is 7.12. The molecule has 0 unspecified atom stereocenters. The molecule has 0 atom stereocenters. The number of carbonyl (C=O) groups is 2. The maximum atomic E-state index is 12.5. The summed E-state index contributed by atoms with van der Waals surface area (Å²) in [7, 11) is 0. The summed E-state index contributed by atoms with van der Waals surface area (Å²) in [5.74, 6) is -0.440. The van der Waals surface area contributed by atoms with Crippen molar-refractivity contribution in [2.45, 2.75) is 6.92 Å². The number of anilines is 1. The van der Waals surface area contributed by atoms with Crippen molar-refractivity contribution >= 4 is 34.6 Å². The van der Waals surface area contributed by atoms with Crippen molar-refractivity contribution in [2.24, 2.45) is 5.10 Å². The third-order valence-electron chi connectivity index (χ3n) is 4.86. The SMILES string of the molecule is CC(=NNC(=O)c1ccc(-c2ccccc2)cc1)c1cccc(NC(=O)c2cccs2)c1. The Bertz CT molecular complexity index is 1250. The largest absolute Gasteiger partial charge is 0.321 e. The Kier molecular flexibility index (Phi) is 6.53. The van der Waals surface area contributed by atoms with E-state index in [0.29, 0.717) is 21.8 Å². The van der Waals surface area contributed by atoms with Crippen LogP contribution in [0.3, 0.4) is 0 Å². The lowest BCUT2D eigenvalue weighted by atomic mass is 10.0. The van der Waals surface area contributed by atoms with Gasteiger partial charge in [-0.25, -0.2) is 5.43 Å². The van der Waals surface area contributed by atoms with Gasteiger partial charge in [-0.3, -0.25) is 9.59 Å². The van der Waals surface area contributed by atoms with Gasteiger partial charge in [0.1, 0.15) is 0 Å². The third-order valence-corrected chi connectivity index (χ3v) is 5.73. The van der Waals surface area contributed by atoms with E-state index in [4.69, 9.17) is 0 Å². The topological polar surface area (TPSA) is 70.6 Å². The van der Waals surface area contributed by atoms with Crippen LogP contribution in [-0.4, -0.2) is 17.5 Å². The van der Waals surface area contributed by atoms with E-state index in [9.17, 15) is 9.59 Å². The molecule has 0 spiro atoms. The van der Waals surface area contributed by atoms with Crippen molar-refractivity contribution in [3.8, 4) is 11.1 Å². The Morgan fingerprint density at radius 3 is 2.22 bits per heavy atom. The van der Waals surface area contributed by atoms with Crippen molar-refractivity contribution in [3.05, 3.63) is 112 Å². The number of carbonyl (C=O) groups excluding carboxylic acids is 2. The maximum Gasteiger partial charge on any atom is 0.271 e. The fourth-order valence-corrected chi connectivity index (χ4v) is 3.75. The molecule has 0 aliphatic carbocycles. The molecule has 2 amide bonds. The molecule has 4 rings (SSSR count). The van der Waals surface area contributed by atoms with Crippen LogP contribution in [0.2, 0.25) is 0 Å². The average Bonchev–Trinajstić information content (AvgIpc) is 3.38. The Hall–Kier alpha value is -4.03. The van der Waals surface area contributed by atoms with Crippen molar-refractivity contribution < 1.29 is 9.59 Å². The molecular weight excluding hydrogens is 418 g/mol. The first kappa shape index (κ1) is 21.2. The van der Waals surface area contributed by atoms with Gasteiger partial charge in [0.2, 0.25) is 0 Å². The standard InChI is InChI=1S/C26H21N3O2S/c1-18(22-9-5-10-23(17-22)27-26(31)24-11-6-16-32-24)28-29-25(30)21-14-12-20(13-15-21)19-7-3-2-4-8-19/h2-17H,1H3,(H,27,31)(H,29,30). The van der Waals surface area contributed by atoms with E-state index in [1.54, 1.807) is 25.1 Å². The minimum absolute atomic E-state index is 0.154. The van der Waals surface area contributed by atoms with E-state index in [0.717, 1.165) is 16.7 Å². The summed E-state index contributed by atoms with van der Waals surface area (Å²) in [6.07, 6.45) is 0. The molecule has 6 heteroatoms. The Balaban J connectivity index is 1.41. The van der Waals surface area contributed by atoms with Crippen LogP contribution in [0, 0.1) is 0 Å². The Labute approximate surface area is 190 Å². The van der Waals surface area contributed by atoms with Crippen LogP contribution in [0.15, 0.2) is 101 Å². The van der Waals surface area contributed by atoms with Crippen LogP contribution in [0.25, 0.3) is 11.1 Å². The van der Waals surface area contributed by atoms with Gasteiger partial charge in [-0.2, -0.15) is 5.10 Å². The van der Waals surface area contributed by atoms with Crippen LogP contribution >= 0.6 is 11.3 Å². The molecule has 0 aliphatic rings. The van der Waals surface area contributed by atoms with Gasteiger partial charge < -0.3 is 5.32 Å². The number of hydrazone groups is 1. The zero-order valence-corrected chi connectivity index (χ0v) is 18.2. The van der Waals surface area contributed by atoms with E-state index < -0.39 is 0 Å². The second kappa shape index (κ2) is 9.85. The highest BCUT2D eigenvalue weighted by Crippen LogP contribution is 2.19. The summed E-state index contributed by atoms with van der Waals surface area (Å²) < 4.78 is 0. The number of benzene rings is 3. The van der Waals surface area contributed by atoms with Gasteiger partial charge in [0.05, 0.1) is 10.6 Å². The van der Waals surface area contributed by atoms with Crippen LogP contribution in [0.4, 0.5) is 5.69 Å². The summed E-state index contributed by atoms with van der Waals surface area (Å²) >= 11 is 1.39. The summed E-state index contributed by atoms with van der Waals surface area (Å²) in [5.41, 5.74) is 7.37. The molecule has 0 saturated carbocycles. The summed E-state index contributed by atoms with van der Waals surface area (Å²) in [4.78, 5) is 25.4. The minimum atomic E-state index is -0.286. The molecule has 4 aromatic rings.